The average Bonchev–Trinajstić information content (AvgIpc) is 3.17. The number of hydrogen-bond acceptors (Lipinski definition) is 5. The lowest BCUT2D eigenvalue weighted by Crippen LogP contribution is -2.34. The number of aryl methyl sites for hydroxylation is 1. The van der Waals surface area contributed by atoms with Crippen LogP contribution in [0.25, 0.3) is 0 Å². The van der Waals surface area contributed by atoms with E-state index in [9.17, 15) is 18.0 Å². The van der Waals surface area contributed by atoms with Crippen LogP contribution in [-0.2, 0) is 16.4 Å². The standard InChI is InChI=1S/C16H13ClN2O4S2/c17-9-2-3-10-8(5-9)1-4-12(10)19-15(21)14-6-11-13(20)7-18-25(22,23)16(11)24-14/h2-3,5-6,12,18H,1,4,7H2,(H,19,21)/t12-/m1/s1. The summed E-state index contributed by atoms with van der Waals surface area (Å²) in [5, 5.41) is 3.58. The fraction of sp³-hybridized carbons (Fsp3) is 0.250. The van der Waals surface area contributed by atoms with Gasteiger partial charge in [0.1, 0.15) is 4.21 Å². The third kappa shape index (κ3) is 2.89. The number of nitrogens with one attached hydrogen (secondary N) is 2. The van der Waals surface area contributed by atoms with Gasteiger partial charge in [-0.05, 0) is 42.2 Å². The molecule has 0 spiro atoms. The Hall–Kier alpha value is -1.74. The van der Waals surface area contributed by atoms with Crippen LogP contribution in [0.2, 0.25) is 5.02 Å². The highest BCUT2D eigenvalue weighted by Crippen LogP contribution is 2.34. The first kappa shape index (κ1) is 16.7. The number of fused-ring (bicyclic) bond motifs is 2. The van der Waals surface area contributed by atoms with E-state index in [4.69, 9.17) is 11.6 Å². The van der Waals surface area contributed by atoms with Crippen molar-refractivity contribution in [3.63, 3.8) is 0 Å². The quantitative estimate of drug-likeness (QED) is 0.814. The number of Topliss-reactive ketones (excluding diaryl/α,β-unsaturated/α-hetero) is 1. The zero-order valence-electron chi connectivity index (χ0n) is 12.8. The van der Waals surface area contributed by atoms with E-state index in [2.05, 4.69) is 10.0 Å². The van der Waals surface area contributed by atoms with Crippen LogP contribution in [0.1, 0.15) is 43.6 Å². The molecule has 0 saturated carbocycles. The molecule has 1 aromatic carbocycles. The molecule has 2 aliphatic rings. The van der Waals surface area contributed by atoms with Gasteiger partial charge in [-0.3, -0.25) is 9.59 Å². The number of carbonyl (C=O) groups excluding carboxylic acids is 2. The summed E-state index contributed by atoms with van der Waals surface area (Å²) in [6.45, 7) is -0.274. The molecule has 2 aromatic rings. The zero-order chi connectivity index (χ0) is 17.8. The van der Waals surface area contributed by atoms with Crippen molar-refractivity contribution in [2.75, 3.05) is 6.54 Å². The van der Waals surface area contributed by atoms with Gasteiger partial charge in [0.05, 0.1) is 23.0 Å². The van der Waals surface area contributed by atoms with Gasteiger partial charge in [0.2, 0.25) is 0 Å². The Kier molecular flexibility index (Phi) is 3.95. The fourth-order valence-electron chi connectivity index (χ4n) is 3.17. The first-order chi connectivity index (χ1) is 11.8. The van der Waals surface area contributed by atoms with Crippen LogP contribution >= 0.6 is 22.9 Å². The predicted octanol–water partition coefficient (Wildman–Crippen LogP) is 2.29. The van der Waals surface area contributed by atoms with Gasteiger partial charge < -0.3 is 5.32 Å². The average molecular weight is 397 g/mol. The van der Waals surface area contributed by atoms with E-state index in [1.807, 2.05) is 12.1 Å². The lowest BCUT2D eigenvalue weighted by molar-refractivity contribution is 0.0940. The smallest absolute Gasteiger partial charge is 0.261 e. The number of sulfonamides is 1. The van der Waals surface area contributed by atoms with Gasteiger partial charge in [-0.1, -0.05) is 17.7 Å². The van der Waals surface area contributed by atoms with Gasteiger partial charge in [-0.15, -0.1) is 11.3 Å². The second-order valence-electron chi connectivity index (χ2n) is 5.97. The van der Waals surface area contributed by atoms with Gasteiger partial charge >= 0.3 is 0 Å². The molecule has 1 aliphatic heterocycles. The Balaban J connectivity index is 1.61. The van der Waals surface area contributed by atoms with E-state index in [-0.39, 0.29) is 38.9 Å². The Morgan fingerprint density at radius 3 is 2.88 bits per heavy atom. The van der Waals surface area contributed by atoms with E-state index in [0.29, 0.717) is 5.02 Å². The van der Waals surface area contributed by atoms with Crippen molar-refractivity contribution in [1.29, 1.82) is 0 Å². The van der Waals surface area contributed by atoms with E-state index in [1.54, 1.807) is 6.07 Å². The topological polar surface area (TPSA) is 92.3 Å². The van der Waals surface area contributed by atoms with Gasteiger partial charge in [0, 0.05) is 5.02 Å². The summed E-state index contributed by atoms with van der Waals surface area (Å²) in [4.78, 5) is 24.7. The molecule has 0 unspecified atom stereocenters. The highest BCUT2D eigenvalue weighted by molar-refractivity contribution is 7.91. The summed E-state index contributed by atoms with van der Waals surface area (Å²) in [6.07, 6.45) is 1.57. The Labute approximate surface area is 153 Å². The summed E-state index contributed by atoms with van der Waals surface area (Å²) in [5.74, 6) is -0.712. The Morgan fingerprint density at radius 2 is 2.12 bits per heavy atom. The summed E-state index contributed by atoms with van der Waals surface area (Å²) in [5.41, 5.74) is 2.21. The first-order valence-electron chi connectivity index (χ1n) is 7.61. The number of carbonyl (C=O) groups is 2. The molecule has 0 fully saturated rings. The number of rotatable bonds is 2. The van der Waals surface area contributed by atoms with Gasteiger partial charge in [-0.25, -0.2) is 13.1 Å². The molecule has 2 heterocycles. The van der Waals surface area contributed by atoms with E-state index >= 15 is 0 Å². The van der Waals surface area contributed by atoms with Crippen molar-refractivity contribution < 1.29 is 18.0 Å². The first-order valence-corrected chi connectivity index (χ1v) is 10.3. The molecule has 1 aromatic heterocycles. The number of benzene rings is 1. The summed E-state index contributed by atoms with van der Waals surface area (Å²) < 4.78 is 26.1. The van der Waals surface area contributed by atoms with Crippen LogP contribution in [-0.4, -0.2) is 26.7 Å². The second kappa shape index (κ2) is 5.91. The molecule has 25 heavy (non-hydrogen) atoms. The number of amides is 1. The maximum Gasteiger partial charge on any atom is 0.261 e. The third-order valence-electron chi connectivity index (χ3n) is 4.38. The molecule has 1 amide bonds. The van der Waals surface area contributed by atoms with Crippen molar-refractivity contribution in [3.8, 4) is 0 Å². The fourth-order valence-corrected chi connectivity index (χ4v) is 5.97. The molecule has 0 saturated heterocycles. The number of hydrogen-bond donors (Lipinski definition) is 2. The van der Waals surface area contributed by atoms with E-state index in [0.717, 1.165) is 35.3 Å². The van der Waals surface area contributed by atoms with Crippen molar-refractivity contribution in [2.24, 2.45) is 0 Å². The van der Waals surface area contributed by atoms with E-state index in [1.165, 1.54) is 6.07 Å². The largest absolute Gasteiger partial charge is 0.345 e. The Bertz CT molecular complexity index is 1010. The van der Waals surface area contributed by atoms with Crippen LogP contribution in [0.3, 0.4) is 0 Å². The highest BCUT2D eigenvalue weighted by Gasteiger charge is 2.33. The van der Waals surface area contributed by atoms with Crippen LogP contribution < -0.4 is 10.0 Å². The number of ketones is 1. The monoisotopic (exact) mass is 396 g/mol. The minimum Gasteiger partial charge on any atom is -0.345 e. The lowest BCUT2D eigenvalue weighted by Gasteiger charge is -2.13. The minimum absolute atomic E-state index is 0.0903. The molecule has 130 valence electrons. The van der Waals surface area contributed by atoms with E-state index < -0.39 is 10.0 Å². The molecule has 1 aliphatic carbocycles. The maximum absolute atomic E-state index is 12.6. The molecular formula is C16H13ClN2O4S2. The minimum atomic E-state index is -3.72. The lowest BCUT2D eigenvalue weighted by atomic mass is 10.1. The Morgan fingerprint density at radius 1 is 1.32 bits per heavy atom. The van der Waals surface area contributed by atoms with Gasteiger partial charge in [0.15, 0.2) is 5.78 Å². The van der Waals surface area contributed by atoms with Crippen LogP contribution in [0.4, 0.5) is 0 Å². The summed E-state index contributed by atoms with van der Waals surface area (Å²) >= 11 is 6.81. The van der Waals surface area contributed by atoms with Crippen LogP contribution in [0.15, 0.2) is 28.5 Å². The van der Waals surface area contributed by atoms with Crippen molar-refractivity contribution in [1.82, 2.24) is 10.0 Å². The SMILES string of the molecule is O=C(N[C@@H]1CCc2cc(Cl)ccc21)c1cc2c(s1)S(=O)(=O)NCC2=O. The number of halogens is 1. The maximum atomic E-state index is 12.6. The second-order valence-corrected chi connectivity index (χ2v) is 9.42. The molecule has 4 rings (SSSR count). The molecule has 0 radical (unpaired) electrons. The van der Waals surface area contributed by atoms with Crippen molar-refractivity contribution in [2.45, 2.75) is 23.1 Å². The molecule has 2 N–H and O–H groups in total. The zero-order valence-corrected chi connectivity index (χ0v) is 15.2. The third-order valence-corrected chi connectivity index (χ3v) is 7.68. The van der Waals surface area contributed by atoms with Crippen molar-refractivity contribution in [3.05, 3.63) is 50.9 Å². The number of thiophene rings is 1. The predicted molar refractivity (Wildman–Crippen MR) is 93.8 cm³/mol. The molecular weight excluding hydrogens is 384 g/mol. The summed E-state index contributed by atoms with van der Waals surface area (Å²) in [6, 6.07) is 6.79. The molecule has 9 heteroatoms. The summed E-state index contributed by atoms with van der Waals surface area (Å²) in [7, 11) is -3.72. The van der Waals surface area contributed by atoms with Crippen LogP contribution in [0.5, 0.6) is 0 Å². The normalized spacial score (nSPS) is 20.8. The molecule has 0 bridgehead atoms. The van der Waals surface area contributed by atoms with Gasteiger partial charge in [0.25, 0.3) is 15.9 Å². The molecule has 6 nitrogen and oxygen atoms in total. The highest BCUT2D eigenvalue weighted by atomic mass is 35.5. The van der Waals surface area contributed by atoms with Crippen molar-refractivity contribution >= 4 is 44.7 Å². The van der Waals surface area contributed by atoms with Crippen LogP contribution in [0, 0.1) is 0 Å². The molecule has 1 atom stereocenters. The van der Waals surface area contributed by atoms with Gasteiger partial charge in [-0.2, -0.15) is 0 Å².